The van der Waals surface area contributed by atoms with Crippen LogP contribution in [-0.2, 0) is 24.0 Å². The van der Waals surface area contributed by atoms with Crippen molar-refractivity contribution in [2.45, 2.75) is 24.6 Å². The van der Waals surface area contributed by atoms with Crippen molar-refractivity contribution < 1.29 is 33.9 Å². The molecule has 3 heterocycles. The van der Waals surface area contributed by atoms with E-state index >= 15 is 0 Å². The lowest BCUT2D eigenvalue weighted by Gasteiger charge is -2.30. The number of cyclic esters (lactones) is 1. The fourth-order valence-electron chi connectivity index (χ4n) is 2.49. The molecule has 2 aliphatic rings. The van der Waals surface area contributed by atoms with Crippen LogP contribution in [-0.4, -0.2) is 57.3 Å². The van der Waals surface area contributed by atoms with Crippen molar-refractivity contribution in [3.8, 4) is 0 Å². The molecular formula is C14H13N3O7. The number of hydrogen-bond acceptors (Lipinski definition) is 7. The van der Waals surface area contributed by atoms with Crippen molar-refractivity contribution in [3.05, 3.63) is 30.1 Å². The Hall–Kier alpha value is -3.01. The van der Waals surface area contributed by atoms with Gasteiger partial charge in [-0.25, -0.2) is 4.79 Å². The van der Waals surface area contributed by atoms with Crippen LogP contribution in [0.25, 0.3) is 0 Å². The Balaban J connectivity index is 1.74. The van der Waals surface area contributed by atoms with Crippen LogP contribution in [0.5, 0.6) is 0 Å². The van der Waals surface area contributed by atoms with E-state index in [1.807, 2.05) is 0 Å². The summed E-state index contributed by atoms with van der Waals surface area (Å²) in [6.45, 7) is -0.266. The zero-order valence-electron chi connectivity index (χ0n) is 12.3. The maximum Gasteiger partial charge on any atom is 0.372 e. The van der Waals surface area contributed by atoms with Crippen LogP contribution < -0.4 is 5.32 Å². The Bertz CT molecular complexity index is 708. The first kappa shape index (κ1) is 15.9. The molecule has 1 aromatic rings. The van der Waals surface area contributed by atoms with Crippen LogP contribution in [0.1, 0.15) is 23.2 Å². The molecule has 2 N–H and O–H groups in total. The van der Waals surface area contributed by atoms with Crippen molar-refractivity contribution in [2.75, 3.05) is 6.61 Å². The number of carbonyl (C=O) groups excluding carboxylic acids is 3. The minimum atomic E-state index is -2.19. The third-order valence-corrected chi connectivity index (χ3v) is 3.71. The fraction of sp³-hybridized carbons (Fsp3) is 0.357. The number of aromatic nitrogens is 1. The fourth-order valence-corrected chi connectivity index (χ4v) is 2.49. The summed E-state index contributed by atoms with van der Waals surface area (Å²) in [7, 11) is 0. The zero-order chi connectivity index (χ0) is 17.3. The van der Waals surface area contributed by atoms with Gasteiger partial charge in [-0.15, -0.1) is 0 Å². The molecule has 2 aliphatic heterocycles. The number of aliphatic carboxylic acids is 1. The maximum atomic E-state index is 12.4. The molecule has 3 rings (SSSR count). The predicted octanol–water partition coefficient (Wildman–Crippen LogP) is -0.928. The van der Waals surface area contributed by atoms with Crippen LogP contribution in [0, 0.1) is 0 Å². The molecule has 24 heavy (non-hydrogen) atoms. The lowest BCUT2D eigenvalue weighted by atomic mass is 10.1. The van der Waals surface area contributed by atoms with E-state index in [4.69, 9.17) is 9.57 Å². The molecule has 10 nitrogen and oxygen atoms in total. The van der Waals surface area contributed by atoms with Crippen LogP contribution in [0.4, 0.5) is 0 Å². The smallest absolute Gasteiger partial charge is 0.372 e. The van der Waals surface area contributed by atoms with E-state index in [-0.39, 0.29) is 25.0 Å². The van der Waals surface area contributed by atoms with Crippen molar-refractivity contribution >= 4 is 23.8 Å². The highest BCUT2D eigenvalue weighted by Crippen LogP contribution is 2.34. The summed E-state index contributed by atoms with van der Waals surface area (Å²) in [6.07, 6.45) is 2.45. The predicted molar refractivity (Wildman–Crippen MR) is 74.0 cm³/mol. The van der Waals surface area contributed by atoms with E-state index in [0.717, 1.165) is 0 Å². The highest BCUT2D eigenvalue weighted by Gasteiger charge is 2.59. The molecule has 2 saturated heterocycles. The van der Waals surface area contributed by atoms with Crippen molar-refractivity contribution in [2.24, 2.45) is 0 Å². The summed E-state index contributed by atoms with van der Waals surface area (Å²) < 4.78 is 4.82. The monoisotopic (exact) mass is 335 g/mol. The number of carboxylic acids is 1. The molecule has 0 bridgehead atoms. The van der Waals surface area contributed by atoms with Gasteiger partial charge < -0.3 is 15.2 Å². The van der Waals surface area contributed by atoms with Gasteiger partial charge in [0.2, 0.25) is 0 Å². The number of hydroxylamine groups is 2. The Morgan fingerprint density at radius 1 is 1.42 bits per heavy atom. The first-order chi connectivity index (χ1) is 11.4. The second-order valence-electron chi connectivity index (χ2n) is 5.26. The summed E-state index contributed by atoms with van der Waals surface area (Å²) in [6, 6.07) is 1.98. The van der Waals surface area contributed by atoms with E-state index in [2.05, 4.69) is 10.3 Å². The molecule has 2 amide bonds. The number of pyridine rings is 1. The molecule has 0 aliphatic carbocycles. The number of rotatable bonds is 4. The maximum absolute atomic E-state index is 12.4. The Kier molecular flexibility index (Phi) is 3.89. The Morgan fingerprint density at radius 3 is 2.79 bits per heavy atom. The van der Waals surface area contributed by atoms with Crippen LogP contribution in [0.15, 0.2) is 24.5 Å². The van der Waals surface area contributed by atoms with Gasteiger partial charge >= 0.3 is 17.7 Å². The standard InChI is InChI=1S/C14H13N3O7/c18-10-3-4-14(24-10,13(21)22)17-12(20)9(7-23-17)16-11(19)8-2-1-5-15-6-8/h1-2,5-6,9H,3-4,7H2,(H,16,19)(H,21,22)/t9-,14?/m0/s1. The summed E-state index contributed by atoms with van der Waals surface area (Å²) in [5.41, 5.74) is -1.95. The number of nitrogens with one attached hydrogen (secondary N) is 1. The number of carbonyl (C=O) groups is 4. The van der Waals surface area contributed by atoms with Gasteiger partial charge in [-0.2, -0.15) is 5.06 Å². The molecule has 1 unspecified atom stereocenters. The number of hydrogen-bond donors (Lipinski definition) is 2. The van der Waals surface area contributed by atoms with Gasteiger partial charge in [0.25, 0.3) is 11.8 Å². The quantitative estimate of drug-likeness (QED) is 0.674. The minimum absolute atomic E-state index is 0.147. The molecule has 0 aromatic carbocycles. The molecule has 0 spiro atoms. The molecule has 2 fully saturated rings. The Morgan fingerprint density at radius 2 is 2.21 bits per heavy atom. The van der Waals surface area contributed by atoms with E-state index in [0.29, 0.717) is 5.06 Å². The van der Waals surface area contributed by atoms with E-state index in [1.165, 1.54) is 18.5 Å². The summed E-state index contributed by atoms with van der Waals surface area (Å²) in [5.74, 6) is -3.61. The van der Waals surface area contributed by atoms with Gasteiger partial charge in [-0.1, -0.05) is 0 Å². The molecule has 1 aromatic heterocycles. The summed E-state index contributed by atoms with van der Waals surface area (Å²) in [4.78, 5) is 56.2. The van der Waals surface area contributed by atoms with Crippen molar-refractivity contribution in [1.82, 2.24) is 15.4 Å². The summed E-state index contributed by atoms with van der Waals surface area (Å²) in [5, 5.41) is 12.3. The Labute approximate surface area is 135 Å². The number of ether oxygens (including phenoxy) is 1. The lowest BCUT2D eigenvalue weighted by Crippen LogP contribution is -2.56. The molecular weight excluding hydrogens is 322 g/mol. The highest BCUT2D eigenvalue weighted by atomic mass is 16.7. The van der Waals surface area contributed by atoms with Gasteiger partial charge in [0.05, 0.1) is 12.0 Å². The minimum Gasteiger partial charge on any atom is -0.477 e. The van der Waals surface area contributed by atoms with Gasteiger partial charge in [0.1, 0.15) is 12.6 Å². The molecule has 126 valence electrons. The van der Waals surface area contributed by atoms with Gasteiger partial charge in [-0.05, 0) is 12.1 Å². The normalized spacial score (nSPS) is 26.3. The second-order valence-corrected chi connectivity index (χ2v) is 5.26. The number of carboxylic acid groups (broad SMARTS) is 1. The zero-order valence-corrected chi connectivity index (χ0v) is 12.3. The van der Waals surface area contributed by atoms with Crippen LogP contribution in [0.3, 0.4) is 0 Å². The topological polar surface area (TPSA) is 135 Å². The van der Waals surface area contributed by atoms with Crippen molar-refractivity contribution in [1.29, 1.82) is 0 Å². The molecule has 0 radical (unpaired) electrons. The number of esters is 1. The second kappa shape index (κ2) is 5.89. The first-order valence-corrected chi connectivity index (χ1v) is 7.07. The van der Waals surface area contributed by atoms with E-state index < -0.39 is 35.5 Å². The number of amides is 2. The largest absolute Gasteiger partial charge is 0.477 e. The summed E-state index contributed by atoms with van der Waals surface area (Å²) >= 11 is 0. The van der Waals surface area contributed by atoms with Gasteiger partial charge in [0, 0.05) is 18.8 Å². The molecule has 10 heteroatoms. The van der Waals surface area contributed by atoms with Gasteiger partial charge in [0.15, 0.2) is 0 Å². The molecule has 2 atom stereocenters. The van der Waals surface area contributed by atoms with E-state index in [1.54, 1.807) is 6.07 Å². The van der Waals surface area contributed by atoms with E-state index in [9.17, 15) is 24.3 Å². The first-order valence-electron chi connectivity index (χ1n) is 7.07. The highest BCUT2D eigenvalue weighted by molar-refractivity contribution is 5.98. The van der Waals surface area contributed by atoms with Gasteiger partial charge in [-0.3, -0.25) is 24.2 Å². The van der Waals surface area contributed by atoms with Crippen LogP contribution in [0.2, 0.25) is 0 Å². The molecule has 0 saturated carbocycles. The third kappa shape index (κ3) is 2.56. The average molecular weight is 335 g/mol. The SMILES string of the molecule is O=C1CCC(C(=O)O)(N2OC[C@H](NC(=O)c3cccnc3)C2=O)O1. The third-order valence-electron chi connectivity index (χ3n) is 3.71. The average Bonchev–Trinajstić information content (AvgIpc) is 3.13. The lowest BCUT2D eigenvalue weighted by molar-refractivity contribution is -0.256. The van der Waals surface area contributed by atoms with Crippen LogP contribution >= 0.6 is 0 Å². The number of nitrogens with zero attached hydrogens (tertiary/aromatic N) is 2. The van der Waals surface area contributed by atoms with Crippen molar-refractivity contribution in [3.63, 3.8) is 0 Å².